The molecule has 40 heavy (non-hydrogen) atoms. The van der Waals surface area contributed by atoms with Crippen LogP contribution in [-0.4, -0.2) is 92.0 Å². The molecule has 10 nitrogen and oxygen atoms in total. The maximum absolute atomic E-state index is 12.5. The molecule has 0 atom stereocenters. The molecule has 11 heteroatoms. The molecule has 0 radical (unpaired) electrons. The molecule has 0 saturated carbocycles. The predicted molar refractivity (Wildman–Crippen MR) is 157 cm³/mol. The number of carbonyl (C=O) groups excluding carboxylic acids is 2. The van der Waals surface area contributed by atoms with E-state index < -0.39 is 5.60 Å². The van der Waals surface area contributed by atoms with Crippen molar-refractivity contribution in [3.63, 3.8) is 0 Å². The lowest BCUT2D eigenvalue weighted by molar-refractivity contribution is -0.118. The number of nitrogens with zero attached hydrogens (tertiary/aromatic N) is 6. The van der Waals surface area contributed by atoms with E-state index in [1.54, 1.807) is 9.42 Å². The molecule has 1 saturated heterocycles. The fourth-order valence-electron chi connectivity index (χ4n) is 4.66. The normalized spacial score (nSPS) is 14.8. The van der Waals surface area contributed by atoms with Crippen LogP contribution >= 0.6 is 11.8 Å². The van der Waals surface area contributed by atoms with E-state index >= 15 is 0 Å². The molecule has 3 heterocycles. The first kappa shape index (κ1) is 29.8. The summed E-state index contributed by atoms with van der Waals surface area (Å²) < 4.78 is 7.28. The number of fused-ring (bicyclic) bond motifs is 1. The molecule has 1 N–H and O–H groups in total. The smallest absolute Gasteiger partial charge is 0.410 e. The van der Waals surface area contributed by atoms with Crippen molar-refractivity contribution in [3.05, 3.63) is 52.3 Å². The van der Waals surface area contributed by atoms with Crippen LogP contribution in [0.4, 0.5) is 4.79 Å². The van der Waals surface area contributed by atoms with Gasteiger partial charge in [0.25, 0.3) is 5.78 Å². The highest BCUT2D eigenvalue weighted by molar-refractivity contribution is 7.99. The number of amides is 2. The largest absolute Gasteiger partial charge is 0.444 e. The monoisotopic (exact) mass is 567 g/mol. The quantitative estimate of drug-likeness (QED) is 0.410. The minimum absolute atomic E-state index is 0.0602. The molecule has 1 aromatic carbocycles. The van der Waals surface area contributed by atoms with Crippen molar-refractivity contribution in [3.8, 4) is 0 Å². The Hall–Kier alpha value is -3.18. The van der Waals surface area contributed by atoms with Crippen LogP contribution in [0.15, 0.2) is 29.4 Å². The van der Waals surface area contributed by atoms with Gasteiger partial charge in [0.15, 0.2) is 0 Å². The Bertz CT molecular complexity index is 1330. The van der Waals surface area contributed by atoms with E-state index in [9.17, 15) is 9.59 Å². The van der Waals surface area contributed by atoms with Crippen LogP contribution in [-0.2, 0) is 16.0 Å². The first-order valence-electron chi connectivity index (χ1n) is 13.9. The van der Waals surface area contributed by atoms with Crippen molar-refractivity contribution in [2.45, 2.75) is 65.1 Å². The average molecular weight is 568 g/mol. The minimum atomic E-state index is -0.497. The lowest BCUT2D eigenvalue weighted by Crippen LogP contribution is -2.40. The predicted octanol–water partition coefficient (Wildman–Crippen LogP) is 3.79. The van der Waals surface area contributed by atoms with E-state index in [1.165, 1.54) is 22.9 Å². The molecule has 2 amide bonds. The molecule has 0 unspecified atom stereocenters. The summed E-state index contributed by atoms with van der Waals surface area (Å²) in [5.74, 6) is 0.722. The summed E-state index contributed by atoms with van der Waals surface area (Å²) in [5, 5.41) is 8.15. The van der Waals surface area contributed by atoms with Crippen molar-refractivity contribution in [2.75, 3.05) is 45.0 Å². The van der Waals surface area contributed by atoms with Gasteiger partial charge in [-0.05, 0) is 65.6 Å². The van der Waals surface area contributed by atoms with Gasteiger partial charge in [-0.1, -0.05) is 41.6 Å². The Balaban J connectivity index is 1.24. The summed E-state index contributed by atoms with van der Waals surface area (Å²) in [6.07, 6.45) is 1.40. The number of carbonyl (C=O) groups is 2. The maximum atomic E-state index is 12.5. The van der Waals surface area contributed by atoms with Gasteiger partial charge in [-0.25, -0.2) is 14.3 Å². The zero-order chi connectivity index (χ0) is 28.9. The highest BCUT2D eigenvalue weighted by atomic mass is 32.2. The number of hydrogen-bond donors (Lipinski definition) is 1. The highest BCUT2D eigenvalue weighted by Gasteiger charge is 2.24. The molecule has 2 aromatic heterocycles. The first-order chi connectivity index (χ1) is 19.0. The first-order valence-corrected chi connectivity index (χ1v) is 14.9. The molecule has 0 spiro atoms. The van der Waals surface area contributed by atoms with E-state index in [0.29, 0.717) is 30.6 Å². The average Bonchev–Trinajstić information content (AvgIpc) is 3.14. The Labute approximate surface area is 240 Å². The van der Waals surface area contributed by atoms with Gasteiger partial charge in [0, 0.05) is 50.5 Å². The number of thioether (sulfide) groups is 1. The Kier molecular flexibility index (Phi) is 9.68. The topological polar surface area (TPSA) is 105 Å². The fraction of sp³-hybridized carbons (Fsp3) is 0.552. The molecule has 0 aliphatic carbocycles. The van der Waals surface area contributed by atoms with Gasteiger partial charge in [0.1, 0.15) is 5.60 Å². The van der Waals surface area contributed by atoms with Gasteiger partial charge in [0.2, 0.25) is 11.1 Å². The molecular formula is C29H41N7O3S. The van der Waals surface area contributed by atoms with Crippen molar-refractivity contribution >= 4 is 29.5 Å². The van der Waals surface area contributed by atoms with Crippen molar-refractivity contribution in [1.29, 1.82) is 0 Å². The van der Waals surface area contributed by atoms with Gasteiger partial charge < -0.3 is 15.0 Å². The van der Waals surface area contributed by atoms with E-state index in [4.69, 9.17) is 4.74 Å². The van der Waals surface area contributed by atoms with Crippen LogP contribution in [0.5, 0.6) is 0 Å². The third kappa shape index (κ3) is 8.17. The van der Waals surface area contributed by atoms with E-state index in [1.807, 2.05) is 34.6 Å². The number of nitrogens with one attached hydrogen (secondary N) is 1. The van der Waals surface area contributed by atoms with Gasteiger partial charge in [-0.3, -0.25) is 9.69 Å². The fourth-order valence-corrected chi connectivity index (χ4v) is 5.30. The highest BCUT2D eigenvalue weighted by Crippen LogP contribution is 2.21. The zero-order valence-electron chi connectivity index (χ0n) is 24.5. The molecule has 0 bridgehead atoms. The van der Waals surface area contributed by atoms with Crippen molar-refractivity contribution in [1.82, 2.24) is 34.7 Å². The zero-order valence-corrected chi connectivity index (χ0v) is 25.3. The molecule has 1 aliphatic heterocycles. The van der Waals surface area contributed by atoms with Gasteiger partial charge >= 0.3 is 6.09 Å². The lowest BCUT2D eigenvalue weighted by atomic mass is 10.0. The molecule has 216 valence electrons. The minimum Gasteiger partial charge on any atom is -0.444 e. The van der Waals surface area contributed by atoms with Crippen LogP contribution in [0.1, 0.15) is 55.3 Å². The molecule has 1 fully saturated rings. The van der Waals surface area contributed by atoms with Crippen LogP contribution in [0.25, 0.3) is 5.78 Å². The van der Waals surface area contributed by atoms with Crippen LogP contribution in [0.3, 0.4) is 0 Å². The number of rotatable bonds is 8. The molecule has 1 aliphatic rings. The second kappa shape index (κ2) is 13.0. The van der Waals surface area contributed by atoms with Crippen molar-refractivity contribution in [2.24, 2.45) is 0 Å². The van der Waals surface area contributed by atoms with Crippen molar-refractivity contribution < 1.29 is 14.3 Å². The van der Waals surface area contributed by atoms with E-state index in [2.05, 4.69) is 56.5 Å². The number of hydrogen-bond acceptors (Lipinski definition) is 8. The van der Waals surface area contributed by atoms with Gasteiger partial charge in [-0.15, -0.1) is 5.10 Å². The number of aromatic nitrogens is 4. The summed E-state index contributed by atoms with van der Waals surface area (Å²) in [7, 11) is 0. The summed E-state index contributed by atoms with van der Waals surface area (Å²) in [6.45, 7) is 16.0. The van der Waals surface area contributed by atoms with Gasteiger partial charge in [-0.2, -0.15) is 4.98 Å². The van der Waals surface area contributed by atoms with E-state index in [-0.39, 0.29) is 17.8 Å². The van der Waals surface area contributed by atoms with Crippen LogP contribution < -0.4 is 5.32 Å². The Morgan fingerprint density at radius 3 is 2.50 bits per heavy atom. The van der Waals surface area contributed by atoms with E-state index in [0.717, 1.165) is 49.4 Å². The Morgan fingerprint density at radius 2 is 1.77 bits per heavy atom. The standard InChI is InChI=1S/C29H41N7O3S/c1-20-8-10-23(11-9-20)18-24-21(2)31-26-32-27(33-36(26)22(24)3)40-19-25(37)30-12-15-34-13-7-14-35(17-16-34)28(38)39-29(4,5)6/h8-11H,7,12-19H2,1-6H3,(H,30,37). The number of benzene rings is 1. The Morgan fingerprint density at radius 1 is 1.02 bits per heavy atom. The number of aryl methyl sites for hydroxylation is 3. The SMILES string of the molecule is Cc1ccc(Cc2c(C)nc3nc(SCC(=O)NCCN4CCCN(C(=O)OC(C)(C)C)CC4)nn3c2C)cc1. The number of ether oxygens (including phenoxy) is 1. The maximum Gasteiger partial charge on any atom is 0.410 e. The molecule has 3 aromatic rings. The molecule has 4 rings (SSSR count). The lowest BCUT2D eigenvalue weighted by Gasteiger charge is -2.26. The summed E-state index contributed by atoms with van der Waals surface area (Å²) in [5.41, 5.74) is 5.05. The van der Waals surface area contributed by atoms with Crippen LogP contribution in [0, 0.1) is 20.8 Å². The molecular weight excluding hydrogens is 526 g/mol. The second-order valence-electron chi connectivity index (χ2n) is 11.3. The summed E-state index contributed by atoms with van der Waals surface area (Å²) in [6, 6.07) is 8.53. The van der Waals surface area contributed by atoms with Crippen LogP contribution in [0.2, 0.25) is 0 Å². The third-order valence-electron chi connectivity index (χ3n) is 6.85. The second-order valence-corrected chi connectivity index (χ2v) is 12.3. The third-order valence-corrected chi connectivity index (χ3v) is 7.69. The summed E-state index contributed by atoms with van der Waals surface area (Å²) in [4.78, 5) is 38.2. The van der Waals surface area contributed by atoms with Gasteiger partial charge in [0.05, 0.1) is 5.75 Å². The summed E-state index contributed by atoms with van der Waals surface area (Å²) >= 11 is 1.31.